The van der Waals surface area contributed by atoms with Crippen LogP contribution in [0.3, 0.4) is 0 Å². The normalized spacial score (nSPS) is 17.8. The van der Waals surface area contributed by atoms with E-state index >= 15 is 0 Å². The zero-order chi connectivity index (χ0) is 11.5. The van der Waals surface area contributed by atoms with Crippen molar-refractivity contribution in [2.24, 2.45) is 5.18 Å². The Balaban J connectivity index is 2.15. The molecule has 1 atom stereocenters. The maximum absolute atomic E-state index is 10.6. The second-order valence-electron chi connectivity index (χ2n) is 3.78. The Bertz CT molecular complexity index is 436. The molecule has 0 bridgehead atoms. The van der Waals surface area contributed by atoms with Gasteiger partial charge in [-0.05, 0) is 45.9 Å². The lowest BCUT2D eigenvalue weighted by Gasteiger charge is -2.29. The third-order valence-corrected chi connectivity index (χ3v) is 3.25. The first-order valence-electron chi connectivity index (χ1n) is 4.92. The second kappa shape index (κ2) is 4.82. The molecule has 16 heavy (non-hydrogen) atoms. The number of hydrogen-bond donors (Lipinski definition) is 0. The van der Waals surface area contributed by atoms with Crippen molar-refractivity contribution in [1.29, 1.82) is 0 Å². The van der Waals surface area contributed by atoms with E-state index in [0.717, 1.165) is 17.5 Å². The van der Waals surface area contributed by atoms with Crippen LogP contribution < -0.4 is 0 Å². The first kappa shape index (κ1) is 11.4. The molecule has 0 amide bonds. The zero-order valence-corrected chi connectivity index (χ0v) is 9.40. The number of nitroso groups, excluding NO2 is 1. The summed E-state index contributed by atoms with van der Waals surface area (Å²) in [5.41, 5.74) is 2.59. The number of fused-ring (bicyclic) bond motifs is 1. The summed E-state index contributed by atoms with van der Waals surface area (Å²) in [4.78, 5) is 12.2. The minimum atomic E-state index is -2.04. The number of hydrogen-bond acceptors (Lipinski definition) is 5. The molecule has 0 aromatic heterocycles. The smallest absolute Gasteiger partial charge is 0.108 e. The fraction of sp³-hybridized carbons (Fsp3) is 0.400. The molecule has 6 heteroatoms. The fourth-order valence-electron chi connectivity index (χ4n) is 1.91. The van der Waals surface area contributed by atoms with Gasteiger partial charge in [-0.3, -0.25) is 9.11 Å². The Morgan fingerprint density at radius 3 is 2.94 bits per heavy atom. The summed E-state index contributed by atoms with van der Waals surface area (Å²) in [6.07, 6.45) is 0.760. The highest BCUT2D eigenvalue weighted by Crippen LogP contribution is 2.23. The highest BCUT2D eigenvalue weighted by Gasteiger charge is 2.16. The Kier molecular flexibility index (Phi) is 3.42. The van der Waals surface area contributed by atoms with Crippen molar-refractivity contribution >= 4 is 16.8 Å². The Hall–Kier alpha value is -1.11. The van der Waals surface area contributed by atoms with E-state index in [2.05, 4.69) is 5.18 Å². The van der Waals surface area contributed by atoms with E-state index in [0.29, 0.717) is 18.8 Å². The zero-order valence-electron chi connectivity index (χ0n) is 8.59. The molecule has 0 saturated heterocycles. The van der Waals surface area contributed by atoms with Crippen LogP contribution in [0, 0.1) is 4.91 Å². The van der Waals surface area contributed by atoms with Gasteiger partial charge in [0.2, 0.25) is 0 Å². The predicted molar refractivity (Wildman–Crippen MR) is 59.8 cm³/mol. The third kappa shape index (κ3) is 2.52. The van der Waals surface area contributed by atoms with Crippen LogP contribution in [-0.2, 0) is 24.0 Å². The third-order valence-electron chi connectivity index (χ3n) is 2.67. The van der Waals surface area contributed by atoms with Gasteiger partial charge in [0.1, 0.15) is 5.69 Å². The molecule has 5 nitrogen and oxygen atoms in total. The predicted octanol–water partition coefficient (Wildman–Crippen LogP) is 1.28. The first-order valence-corrected chi connectivity index (χ1v) is 6.17. The largest absolute Gasteiger partial charge is 0.771 e. The van der Waals surface area contributed by atoms with Crippen molar-refractivity contribution in [2.75, 3.05) is 12.4 Å². The van der Waals surface area contributed by atoms with E-state index in [-0.39, 0.29) is 5.88 Å². The molecule has 0 fully saturated rings. The van der Waals surface area contributed by atoms with Gasteiger partial charge < -0.3 is 4.55 Å². The van der Waals surface area contributed by atoms with Crippen LogP contribution in [0.5, 0.6) is 0 Å². The van der Waals surface area contributed by atoms with Crippen molar-refractivity contribution in [1.82, 2.24) is 4.90 Å². The topological polar surface area (TPSA) is 72.8 Å². The molecule has 1 aliphatic heterocycles. The molecular formula is C10H11N2O3S-. The number of nitrogens with zero attached hydrogens (tertiary/aromatic N) is 2. The highest BCUT2D eigenvalue weighted by atomic mass is 32.2. The van der Waals surface area contributed by atoms with Gasteiger partial charge in [-0.1, -0.05) is 6.07 Å². The average molecular weight is 239 g/mol. The molecule has 1 aliphatic rings. The quantitative estimate of drug-likeness (QED) is 0.588. The van der Waals surface area contributed by atoms with E-state index in [1.165, 1.54) is 0 Å². The molecule has 2 rings (SSSR count). The summed E-state index contributed by atoms with van der Waals surface area (Å²) in [6.45, 7) is 1.31. The maximum atomic E-state index is 10.6. The summed E-state index contributed by atoms with van der Waals surface area (Å²) in [6, 6.07) is 5.27. The van der Waals surface area contributed by atoms with Crippen molar-refractivity contribution < 1.29 is 8.76 Å². The molecule has 0 saturated carbocycles. The Morgan fingerprint density at radius 2 is 2.25 bits per heavy atom. The second-order valence-corrected chi connectivity index (χ2v) is 4.65. The standard InChI is InChI=1S/C10H12N2O3S/c13-11-10-2-1-9-6-12(7-16(14)15)4-3-8(9)5-10/h1-2,5H,3-4,6-7H2,(H,14,15)/p-1. The molecule has 0 N–H and O–H groups in total. The van der Waals surface area contributed by atoms with Gasteiger partial charge in [0.15, 0.2) is 0 Å². The van der Waals surface area contributed by atoms with Gasteiger partial charge >= 0.3 is 0 Å². The number of benzene rings is 1. The fourth-order valence-corrected chi connectivity index (χ4v) is 2.43. The lowest BCUT2D eigenvalue weighted by molar-refractivity contribution is 0.290. The van der Waals surface area contributed by atoms with Crippen LogP contribution in [-0.4, -0.2) is 26.1 Å². The van der Waals surface area contributed by atoms with Crippen molar-refractivity contribution in [3.8, 4) is 0 Å². The van der Waals surface area contributed by atoms with Gasteiger partial charge in [-0.2, -0.15) is 0 Å². The molecule has 1 unspecified atom stereocenters. The summed E-state index contributed by atoms with van der Waals surface area (Å²) < 4.78 is 21.2. The van der Waals surface area contributed by atoms with E-state index in [1.54, 1.807) is 12.1 Å². The molecule has 1 heterocycles. The molecule has 0 spiro atoms. The maximum Gasteiger partial charge on any atom is 0.108 e. The van der Waals surface area contributed by atoms with Gasteiger partial charge in [0, 0.05) is 13.1 Å². The van der Waals surface area contributed by atoms with E-state index in [4.69, 9.17) is 0 Å². The molecule has 86 valence electrons. The van der Waals surface area contributed by atoms with Crippen LogP contribution in [0.1, 0.15) is 11.1 Å². The first-order chi connectivity index (χ1) is 7.69. The van der Waals surface area contributed by atoms with Crippen LogP contribution in [0.2, 0.25) is 0 Å². The Labute approximate surface area is 95.7 Å². The molecule has 0 aliphatic carbocycles. The van der Waals surface area contributed by atoms with Crippen molar-refractivity contribution in [3.63, 3.8) is 0 Å². The molecule has 1 aromatic rings. The lowest BCUT2D eigenvalue weighted by atomic mass is 10.00. The van der Waals surface area contributed by atoms with E-state index in [9.17, 15) is 13.7 Å². The highest BCUT2D eigenvalue weighted by molar-refractivity contribution is 7.79. The summed E-state index contributed by atoms with van der Waals surface area (Å²) in [7, 11) is 0. The van der Waals surface area contributed by atoms with Gasteiger partial charge in [0.05, 0.1) is 5.88 Å². The van der Waals surface area contributed by atoms with Crippen molar-refractivity contribution in [2.45, 2.75) is 13.0 Å². The minimum Gasteiger partial charge on any atom is -0.771 e. The molecular weight excluding hydrogens is 228 g/mol. The monoisotopic (exact) mass is 239 g/mol. The SMILES string of the molecule is O=Nc1ccc2c(c1)CCN(CS(=O)[O-])C2. The van der Waals surface area contributed by atoms with E-state index in [1.807, 2.05) is 11.0 Å². The minimum absolute atomic E-state index is 0.0626. The molecule has 0 radical (unpaired) electrons. The lowest BCUT2D eigenvalue weighted by Crippen LogP contribution is -2.32. The van der Waals surface area contributed by atoms with Crippen LogP contribution in [0.25, 0.3) is 0 Å². The van der Waals surface area contributed by atoms with Crippen LogP contribution in [0.15, 0.2) is 23.4 Å². The van der Waals surface area contributed by atoms with E-state index < -0.39 is 11.1 Å². The van der Waals surface area contributed by atoms with Crippen LogP contribution in [0.4, 0.5) is 5.69 Å². The molecule has 1 aromatic carbocycles. The average Bonchev–Trinajstić information content (AvgIpc) is 2.27. The van der Waals surface area contributed by atoms with Gasteiger partial charge in [-0.15, -0.1) is 4.91 Å². The summed E-state index contributed by atoms with van der Waals surface area (Å²) >= 11 is -2.04. The summed E-state index contributed by atoms with van der Waals surface area (Å²) in [5, 5.41) is 2.88. The van der Waals surface area contributed by atoms with Gasteiger partial charge in [-0.25, -0.2) is 0 Å². The summed E-state index contributed by atoms with van der Waals surface area (Å²) in [5.74, 6) is 0.0626. The van der Waals surface area contributed by atoms with Crippen molar-refractivity contribution in [3.05, 3.63) is 34.2 Å². The van der Waals surface area contributed by atoms with Crippen LogP contribution >= 0.6 is 0 Å². The van der Waals surface area contributed by atoms with Gasteiger partial charge in [0.25, 0.3) is 0 Å². The number of rotatable bonds is 3. The Morgan fingerprint density at radius 1 is 1.44 bits per heavy atom.